The third-order valence-electron chi connectivity index (χ3n) is 3.37. The van der Waals surface area contributed by atoms with Gasteiger partial charge in [-0.1, -0.05) is 0 Å². The lowest BCUT2D eigenvalue weighted by molar-refractivity contribution is -0.160. The van der Waals surface area contributed by atoms with Crippen molar-refractivity contribution in [3.63, 3.8) is 0 Å². The predicted octanol–water partition coefficient (Wildman–Crippen LogP) is 1.10. The molecule has 3 saturated carbocycles. The first-order chi connectivity index (χ1) is 6.16. The van der Waals surface area contributed by atoms with Gasteiger partial charge in [0.25, 0.3) is 0 Å². The van der Waals surface area contributed by atoms with Gasteiger partial charge in [-0.05, 0) is 37.5 Å². The van der Waals surface area contributed by atoms with Gasteiger partial charge in [0.15, 0.2) is 0 Å². The zero-order chi connectivity index (χ0) is 9.42. The van der Waals surface area contributed by atoms with Crippen LogP contribution in [0.5, 0.6) is 0 Å². The summed E-state index contributed by atoms with van der Waals surface area (Å²) in [5.74, 6) is 0.588. The average molecular weight is 184 g/mol. The molecule has 0 aromatic rings. The molecule has 0 radical (unpaired) electrons. The molecule has 2 bridgehead atoms. The number of carbonyl (C=O) groups excluding carboxylic acids is 1. The Hall–Kier alpha value is -0.570. The predicted molar refractivity (Wildman–Crippen MR) is 47.0 cm³/mol. The second-order valence-electron chi connectivity index (χ2n) is 4.28. The molecule has 0 unspecified atom stereocenters. The second kappa shape index (κ2) is 3.29. The summed E-state index contributed by atoms with van der Waals surface area (Å²) in [7, 11) is 0. The van der Waals surface area contributed by atoms with Crippen molar-refractivity contribution in [2.45, 2.75) is 44.8 Å². The fourth-order valence-corrected chi connectivity index (χ4v) is 2.70. The fraction of sp³-hybridized carbons (Fsp3) is 0.900. The monoisotopic (exact) mass is 184 g/mol. The Labute approximate surface area is 78.1 Å². The van der Waals surface area contributed by atoms with Crippen LogP contribution in [0.3, 0.4) is 0 Å². The van der Waals surface area contributed by atoms with Crippen LogP contribution in [0.25, 0.3) is 0 Å². The molecule has 0 heterocycles. The van der Waals surface area contributed by atoms with E-state index in [-0.39, 0.29) is 18.2 Å². The largest absolute Gasteiger partial charge is 0.462 e. The molecular weight excluding hydrogens is 168 g/mol. The molecule has 3 heteroatoms. The molecule has 0 spiro atoms. The summed E-state index contributed by atoms with van der Waals surface area (Å²) in [5.41, 5.74) is 0. The van der Waals surface area contributed by atoms with Crippen molar-refractivity contribution < 1.29 is 14.6 Å². The Kier molecular flexibility index (Phi) is 2.28. The van der Waals surface area contributed by atoms with Gasteiger partial charge in [-0.15, -0.1) is 0 Å². The van der Waals surface area contributed by atoms with Crippen LogP contribution in [0.4, 0.5) is 0 Å². The molecule has 3 rings (SSSR count). The lowest BCUT2D eigenvalue weighted by atomic mass is 9.67. The fourth-order valence-electron chi connectivity index (χ4n) is 2.70. The molecule has 3 aliphatic rings. The van der Waals surface area contributed by atoms with Crippen molar-refractivity contribution in [1.29, 1.82) is 0 Å². The Morgan fingerprint density at radius 3 is 2.46 bits per heavy atom. The molecular formula is C10H16O3. The molecule has 3 nitrogen and oxygen atoms in total. The number of aliphatic hydroxyl groups is 1. The average Bonchev–Trinajstić information content (AvgIpc) is 2.05. The van der Waals surface area contributed by atoms with Gasteiger partial charge in [0, 0.05) is 6.92 Å². The van der Waals surface area contributed by atoms with Gasteiger partial charge >= 0.3 is 5.97 Å². The normalized spacial score (nSPS) is 43.2. The summed E-state index contributed by atoms with van der Waals surface area (Å²) >= 11 is 0. The summed E-state index contributed by atoms with van der Waals surface area (Å²) in [6.45, 7) is 1.46. The van der Waals surface area contributed by atoms with Gasteiger partial charge in [0.05, 0.1) is 6.10 Å². The minimum absolute atomic E-state index is 0.0830. The standard InChI is InChI=1S/C10H16O3/c1-6(11)13-10-5-7-2-3-8(10)4-9(7)12/h7-10,12H,2-5H2,1H3/t7-,8-,9-,10-/m1/s1. The molecule has 4 atom stereocenters. The van der Waals surface area contributed by atoms with Gasteiger partial charge in [-0.2, -0.15) is 0 Å². The Morgan fingerprint density at radius 1 is 1.31 bits per heavy atom. The molecule has 1 N–H and O–H groups in total. The maximum Gasteiger partial charge on any atom is 0.302 e. The van der Waals surface area contributed by atoms with Crippen LogP contribution in [0.2, 0.25) is 0 Å². The van der Waals surface area contributed by atoms with E-state index < -0.39 is 0 Å². The Balaban J connectivity index is 1.98. The quantitative estimate of drug-likeness (QED) is 0.621. The molecule has 74 valence electrons. The van der Waals surface area contributed by atoms with Crippen molar-refractivity contribution in [2.24, 2.45) is 11.8 Å². The van der Waals surface area contributed by atoms with E-state index >= 15 is 0 Å². The molecule has 3 aliphatic carbocycles. The summed E-state index contributed by atoms with van der Waals surface area (Å²) in [6.07, 6.45) is 3.84. The molecule has 0 saturated heterocycles. The highest BCUT2D eigenvalue weighted by Gasteiger charge is 2.42. The van der Waals surface area contributed by atoms with Gasteiger partial charge in [-0.25, -0.2) is 0 Å². The molecule has 0 aliphatic heterocycles. The van der Waals surface area contributed by atoms with E-state index in [1.807, 2.05) is 0 Å². The van der Waals surface area contributed by atoms with Crippen LogP contribution < -0.4 is 0 Å². The number of hydrogen-bond acceptors (Lipinski definition) is 3. The van der Waals surface area contributed by atoms with Crippen molar-refractivity contribution in [2.75, 3.05) is 0 Å². The van der Waals surface area contributed by atoms with E-state index in [4.69, 9.17) is 4.74 Å². The zero-order valence-electron chi connectivity index (χ0n) is 7.90. The molecule has 0 aromatic heterocycles. The summed E-state index contributed by atoms with van der Waals surface area (Å²) in [4.78, 5) is 10.8. The Bertz CT molecular complexity index is 214. The van der Waals surface area contributed by atoms with E-state index in [1.54, 1.807) is 0 Å². The second-order valence-corrected chi connectivity index (χ2v) is 4.28. The summed E-state index contributed by atoms with van der Waals surface area (Å²) in [5, 5.41) is 9.61. The van der Waals surface area contributed by atoms with Crippen molar-refractivity contribution in [3.8, 4) is 0 Å². The third kappa shape index (κ3) is 1.70. The maximum absolute atomic E-state index is 10.8. The number of hydrogen-bond donors (Lipinski definition) is 1. The van der Waals surface area contributed by atoms with E-state index in [0.29, 0.717) is 11.8 Å². The third-order valence-corrected chi connectivity index (χ3v) is 3.37. The lowest BCUT2D eigenvalue weighted by Gasteiger charge is -2.44. The van der Waals surface area contributed by atoms with Crippen LogP contribution in [-0.4, -0.2) is 23.3 Å². The van der Waals surface area contributed by atoms with Crippen molar-refractivity contribution in [1.82, 2.24) is 0 Å². The highest BCUT2D eigenvalue weighted by Crippen LogP contribution is 2.42. The molecule has 13 heavy (non-hydrogen) atoms. The topological polar surface area (TPSA) is 46.5 Å². The zero-order valence-corrected chi connectivity index (χ0v) is 7.90. The first-order valence-corrected chi connectivity index (χ1v) is 5.02. The van der Waals surface area contributed by atoms with Crippen molar-refractivity contribution in [3.05, 3.63) is 0 Å². The SMILES string of the molecule is CC(=O)O[C@@H]1C[C@H]2CC[C@@H]1C[C@H]2O. The first-order valence-electron chi connectivity index (χ1n) is 5.02. The number of rotatable bonds is 1. The summed E-state index contributed by atoms with van der Waals surface area (Å²) in [6, 6.07) is 0. The van der Waals surface area contributed by atoms with E-state index in [9.17, 15) is 9.90 Å². The van der Waals surface area contributed by atoms with Gasteiger partial charge in [0.1, 0.15) is 6.10 Å². The number of carbonyl (C=O) groups is 1. The highest BCUT2D eigenvalue weighted by molar-refractivity contribution is 5.66. The maximum atomic E-state index is 10.8. The van der Waals surface area contributed by atoms with Crippen LogP contribution in [-0.2, 0) is 9.53 Å². The number of aliphatic hydroxyl groups excluding tert-OH is 1. The van der Waals surface area contributed by atoms with Gasteiger partial charge < -0.3 is 9.84 Å². The molecule has 0 amide bonds. The minimum Gasteiger partial charge on any atom is -0.462 e. The van der Waals surface area contributed by atoms with Gasteiger partial charge in [-0.3, -0.25) is 4.79 Å². The summed E-state index contributed by atoms with van der Waals surface area (Å²) < 4.78 is 5.22. The van der Waals surface area contributed by atoms with Crippen molar-refractivity contribution >= 4 is 5.97 Å². The number of fused-ring (bicyclic) bond motifs is 3. The van der Waals surface area contributed by atoms with E-state index in [1.165, 1.54) is 6.92 Å². The van der Waals surface area contributed by atoms with Gasteiger partial charge in [0.2, 0.25) is 0 Å². The molecule has 3 fully saturated rings. The molecule has 0 aromatic carbocycles. The number of ether oxygens (including phenoxy) is 1. The van der Waals surface area contributed by atoms with Crippen LogP contribution in [0.1, 0.15) is 32.6 Å². The number of esters is 1. The van der Waals surface area contributed by atoms with Crippen LogP contribution in [0, 0.1) is 11.8 Å². The van der Waals surface area contributed by atoms with E-state index in [2.05, 4.69) is 0 Å². The van der Waals surface area contributed by atoms with Crippen LogP contribution >= 0.6 is 0 Å². The highest BCUT2D eigenvalue weighted by atomic mass is 16.5. The smallest absolute Gasteiger partial charge is 0.302 e. The minimum atomic E-state index is -0.188. The van der Waals surface area contributed by atoms with Crippen LogP contribution in [0.15, 0.2) is 0 Å². The first kappa shape index (κ1) is 9.00. The van der Waals surface area contributed by atoms with E-state index in [0.717, 1.165) is 25.7 Å². The Morgan fingerprint density at radius 2 is 2.00 bits per heavy atom. The lowest BCUT2D eigenvalue weighted by Crippen LogP contribution is -2.45.